The summed E-state index contributed by atoms with van der Waals surface area (Å²) in [6.07, 6.45) is 5.71. The van der Waals surface area contributed by atoms with Gasteiger partial charge >= 0.3 is 5.97 Å². The summed E-state index contributed by atoms with van der Waals surface area (Å²) in [7, 11) is 0. The third-order valence-electron chi connectivity index (χ3n) is 3.42. The predicted octanol–water partition coefficient (Wildman–Crippen LogP) is 2.45. The van der Waals surface area contributed by atoms with Gasteiger partial charge in [-0.2, -0.15) is 0 Å². The zero-order valence-electron chi connectivity index (χ0n) is 11.3. The standard InChI is InChI=1S/C14H23NO3/c1-3-5-11(2)14(18)15-9-4-6-12(10-15)7-8-13(16)17/h5,12H,3-4,6-10H2,1-2H3,(H,16,17)/b11-5+. The van der Waals surface area contributed by atoms with E-state index < -0.39 is 5.97 Å². The van der Waals surface area contributed by atoms with Crippen LogP contribution in [0.3, 0.4) is 0 Å². The Labute approximate surface area is 109 Å². The topological polar surface area (TPSA) is 57.6 Å². The molecule has 1 aliphatic rings. The first-order chi connectivity index (χ1) is 8.54. The van der Waals surface area contributed by atoms with Gasteiger partial charge in [-0.25, -0.2) is 0 Å². The van der Waals surface area contributed by atoms with E-state index in [1.807, 2.05) is 24.8 Å². The summed E-state index contributed by atoms with van der Waals surface area (Å²) in [5, 5.41) is 8.69. The lowest BCUT2D eigenvalue weighted by atomic mass is 9.93. The fourth-order valence-electron chi connectivity index (χ4n) is 2.46. The Morgan fingerprint density at radius 3 is 2.78 bits per heavy atom. The van der Waals surface area contributed by atoms with Gasteiger partial charge in [-0.3, -0.25) is 9.59 Å². The highest BCUT2D eigenvalue weighted by Crippen LogP contribution is 2.22. The van der Waals surface area contributed by atoms with Crippen LogP contribution in [0.25, 0.3) is 0 Å². The van der Waals surface area contributed by atoms with Crippen molar-refractivity contribution in [3.8, 4) is 0 Å². The molecule has 0 bridgehead atoms. The van der Waals surface area contributed by atoms with Crippen LogP contribution in [0.15, 0.2) is 11.6 Å². The van der Waals surface area contributed by atoms with Gasteiger partial charge in [-0.1, -0.05) is 13.0 Å². The third-order valence-corrected chi connectivity index (χ3v) is 3.42. The maximum atomic E-state index is 12.1. The average molecular weight is 253 g/mol. The lowest BCUT2D eigenvalue weighted by Crippen LogP contribution is -2.40. The van der Waals surface area contributed by atoms with Crippen LogP contribution in [0.5, 0.6) is 0 Å². The van der Waals surface area contributed by atoms with Crippen molar-refractivity contribution in [3.05, 3.63) is 11.6 Å². The number of nitrogens with zero attached hydrogens (tertiary/aromatic N) is 1. The fraction of sp³-hybridized carbons (Fsp3) is 0.714. The molecule has 4 nitrogen and oxygen atoms in total. The first-order valence-corrected chi connectivity index (χ1v) is 6.72. The molecule has 102 valence electrons. The van der Waals surface area contributed by atoms with Gasteiger partial charge in [-0.15, -0.1) is 0 Å². The molecule has 0 aromatic heterocycles. The normalized spacial score (nSPS) is 20.9. The van der Waals surface area contributed by atoms with Gasteiger partial charge < -0.3 is 10.0 Å². The molecule has 1 heterocycles. The minimum absolute atomic E-state index is 0.108. The van der Waals surface area contributed by atoms with Gasteiger partial charge in [0.25, 0.3) is 0 Å². The minimum Gasteiger partial charge on any atom is -0.481 e. The lowest BCUT2D eigenvalue weighted by Gasteiger charge is -2.33. The number of likely N-dealkylation sites (tertiary alicyclic amines) is 1. The van der Waals surface area contributed by atoms with E-state index in [1.54, 1.807) is 0 Å². The van der Waals surface area contributed by atoms with E-state index in [4.69, 9.17) is 5.11 Å². The summed E-state index contributed by atoms with van der Waals surface area (Å²) in [6.45, 7) is 5.38. The van der Waals surface area contributed by atoms with Crippen LogP contribution in [0.2, 0.25) is 0 Å². The van der Waals surface area contributed by atoms with E-state index in [9.17, 15) is 9.59 Å². The monoisotopic (exact) mass is 253 g/mol. The Balaban J connectivity index is 2.50. The largest absolute Gasteiger partial charge is 0.481 e. The van der Waals surface area contributed by atoms with E-state index in [1.165, 1.54) is 0 Å². The molecule has 4 heteroatoms. The molecule has 0 radical (unpaired) electrons. The first kappa shape index (κ1) is 14.7. The number of carboxylic acids is 1. The van der Waals surface area contributed by atoms with Crippen molar-refractivity contribution >= 4 is 11.9 Å². The molecule has 1 fully saturated rings. The molecule has 0 aromatic rings. The molecule has 0 saturated carbocycles. The first-order valence-electron chi connectivity index (χ1n) is 6.72. The Kier molecular flexibility index (Phi) is 5.89. The van der Waals surface area contributed by atoms with Crippen LogP contribution in [0.4, 0.5) is 0 Å². The molecular formula is C14H23NO3. The van der Waals surface area contributed by atoms with Crippen LogP contribution in [0, 0.1) is 5.92 Å². The zero-order chi connectivity index (χ0) is 13.5. The molecule has 1 unspecified atom stereocenters. The van der Waals surface area contributed by atoms with Crippen LogP contribution in [-0.2, 0) is 9.59 Å². The maximum Gasteiger partial charge on any atom is 0.303 e. The second kappa shape index (κ2) is 7.19. The molecule has 0 aromatic carbocycles. The molecule has 1 rings (SSSR count). The van der Waals surface area contributed by atoms with Crippen LogP contribution in [-0.4, -0.2) is 35.0 Å². The number of carboxylic acid groups (broad SMARTS) is 1. The smallest absolute Gasteiger partial charge is 0.303 e. The minimum atomic E-state index is -0.750. The highest BCUT2D eigenvalue weighted by atomic mass is 16.4. The van der Waals surface area contributed by atoms with Gasteiger partial charge in [0.1, 0.15) is 0 Å². The van der Waals surface area contributed by atoms with Crippen molar-refractivity contribution in [2.75, 3.05) is 13.1 Å². The summed E-state index contributed by atoms with van der Waals surface area (Å²) in [6, 6.07) is 0. The van der Waals surface area contributed by atoms with Crippen LogP contribution in [0.1, 0.15) is 46.0 Å². The molecule has 1 atom stereocenters. The van der Waals surface area contributed by atoms with Crippen molar-refractivity contribution in [2.24, 2.45) is 5.92 Å². The van der Waals surface area contributed by atoms with Crippen molar-refractivity contribution < 1.29 is 14.7 Å². The van der Waals surface area contributed by atoms with Gasteiger partial charge in [0, 0.05) is 25.1 Å². The van der Waals surface area contributed by atoms with Gasteiger partial charge in [0.2, 0.25) is 5.91 Å². The van der Waals surface area contributed by atoms with Crippen LogP contribution >= 0.6 is 0 Å². The molecular weight excluding hydrogens is 230 g/mol. The van der Waals surface area contributed by atoms with Crippen molar-refractivity contribution in [3.63, 3.8) is 0 Å². The summed E-state index contributed by atoms with van der Waals surface area (Å²) < 4.78 is 0. The molecule has 1 saturated heterocycles. The van der Waals surface area contributed by atoms with Gasteiger partial charge in [0.15, 0.2) is 0 Å². The summed E-state index contributed by atoms with van der Waals surface area (Å²) in [4.78, 5) is 24.5. The van der Waals surface area contributed by atoms with E-state index in [2.05, 4.69) is 0 Å². The highest BCUT2D eigenvalue weighted by molar-refractivity contribution is 5.92. The Bertz CT molecular complexity index is 336. The van der Waals surface area contributed by atoms with E-state index >= 15 is 0 Å². The Morgan fingerprint density at radius 2 is 2.17 bits per heavy atom. The fourth-order valence-corrected chi connectivity index (χ4v) is 2.46. The molecule has 1 aliphatic heterocycles. The van der Waals surface area contributed by atoms with Crippen molar-refractivity contribution in [1.82, 2.24) is 4.90 Å². The SMILES string of the molecule is CC/C=C(\C)C(=O)N1CCCC(CCC(=O)O)C1. The second-order valence-electron chi connectivity index (χ2n) is 4.99. The molecule has 1 amide bonds. The summed E-state index contributed by atoms with van der Waals surface area (Å²) >= 11 is 0. The number of carbonyl (C=O) groups is 2. The van der Waals surface area contributed by atoms with Gasteiger partial charge in [-0.05, 0) is 38.5 Å². The Morgan fingerprint density at radius 1 is 1.44 bits per heavy atom. The maximum absolute atomic E-state index is 12.1. The number of carbonyl (C=O) groups excluding carboxylic acids is 1. The second-order valence-corrected chi connectivity index (χ2v) is 4.99. The molecule has 18 heavy (non-hydrogen) atoms. The van der Waals surface area contributed by atoms with Crippen molar-refractivity contribution in [2.45, 2.75) is 46.0 Å². The summed E-state index contributed by atoms with van der Waals surface area (Å²) in [5.74, 6) is -0.300. The number of piperidine rings is 1. The predicted molar refractivity (Wildman–Crippen MR) is 70.2 cm³/mol. The zero-order valence-corrected chi connectivity index (χ0v) is 11.3. The number of amides is 1. The summed E-state index contributed by atoms with van der Waals surface area (Å²) in [5.41, 5.74) is 0.802. The highest BCUT2D eigenvalue weighted by Gasteiger charge is 2.24. The third kappa shape index (κ3) is 4.51. The van der Waals surface area contributed by atoms with E-state index in [0.29, 0.717) is 18.9 Å². The quantitative estimate of drug-likeness (QED) is 0.766. The number of hydrogen-bond acceptors (Lipinski definition) is 2. The number of rotatable bonds is 5. The van der Waals surface area contributed by atoms with Crippen LogP contribution < -0.4 is 0 Å². The Hall–Kier alpha value is -1.32. The number of hydrogen-bond donors (Lipinski definition) is 1. The number of aliphatic carboxylic acids is 1. The van der Waals surface area contributed by atoms with Gasteiger partial charge in [0.05, 0.1) is 0 Å². The lowest BCUT2D eigenvalue weighted by molar-refractivity contribution is -0.137. The molecule has 1 N–H and O–H groups in total. The average Bonchev–Trinajstić information content (AvgIpc) is 2.36. The van der Waals surface area contributed by atoms with Crippen molar-refractivity contribution in [1.29, 1.82) is 0 Å². The molecule has 0 spiro atoms. The van der Waals surface area contributed by atoms with E-state index in [0.717, 1.165) is 31.4 Å². The number of allylic oxidation sites excluding steroid dienone is 1. The molecule has 0 aliphatic carbocycles. The van der Waals surface area contributed by atoms with E-state index in [-0.39, 0.29) is 12.3 Å².